The summed E-state index contributed by atoms with van der Waals surface area (Å²) in [5, 5.41) is 6.24. The number of hydrogen-bond donors (Lipinski definition) is 2. The molecule has 2 fully saturated rings. The van der Waals surface area contributed by atoms with E-state index in [1.807, 2.05) is 6.92 Å². The summed E-state index contributed by atoms with van der Waals surface area (Å²) in [6.45, 7) is 6.99. The number of carbonyl (C=O) groups excluding carboxylic acids is 1. The second-order valence-electron chi connectivity index (χ2n) is 7.70. The molecule has 3 rings (SSSR count). The quantitative estimate of drug-likeness (QED) is 0.803. The van der Waals surface area contributed by atoms with Crippen molar-refractivity contribution in [1.82, 2.24) is 14.9 Å². The van der Waals surface area contributed by atoms with Crippen molar-refractivity contribution in [2.24, 2.45) is 0 Å². The summed E-state index contributed by atoms with van der Waals surface area (Å²) in [6.07, 6.45) is 2.15. The fraction of sp³-hybridized carbons (Fsp3) is 0.632. The van der Waals surface area contributed by atoms with E-state index < -0.39 is 15.6 Å². The van der Waals surface area contributed by atoms with Gasteiger partial charge in [0.15, 0.2) is 0 Å². The molecule has 1 aromatic rings. The summed E-state index contributed by atoms with van der Waals surface area (Å²) in [5.41, 5.74) is 1.01. The number of rotatable bonds is 4. The Balaban J connectivity index is 2.03. The molecule has 1 spiro atoms. The lowest BCUT2D eigenvalue weighted by atomic mass is 9.86. The van der Waals surface area contributed by atoms with Gasteiger partial charge in [-0.25, -0.2) is 8.42 Å². The molecular weight excluding hydrogens is 366 g/mol. The minimum absolute atomic E-state index is 0.125. The maximum atomic E-state index is 13.7. The summed E-state index contributed by atoms with van der Waals surface area (Å²) in [6, 6.07) is 3.32. The third kappa shape index (κ3) is 3.70. The van der Waals surface area contributed by atoms with E-state index in [-0.39, 0.29) is 11.9 Å². The van der Waals surface area contributed by atoms with E-state index in [2.05, 4.69) is 10.6 Å². The average molecular weight is 396 g/mol. The van der Waals surface area contributed by atoms with Crippen molar-refractivity contribution < 1.29 is 17.9 Å². The van der Waals surface area contributed by atoms with E-state index in [1.165, 1.54) is 6.92 Å². The Morgan fingerprint density at radius 1 is 1.26 bits per heavy atom. The smallest absolute Gasteiger partial charge is 0.243 e. The van der Waals surface area contributed by atoms with Gasteiger partial charge in [0.05, 0.1) is 12.0 Å². The second kappa shape index (κ2) is 7.41. The number of hydrogen-bond acceptors (Lipinski definition) is 5. The Hall–Kier alpha value is -1.64. The highest BCUT2D eigenvalue weighted by Crippen LogP contribution is 2.42. The van der Waals surface area contributed by atoms with Crippen LogP contribution in [0.4, 0.5) is 0 Å². The van der Waals surface area contributed by atoms with Crippen molar-refractivity contribution in [3.05, 3.63) is 23.3 Å². The Labute approximate surface area is 161 Å². The Morgan fingerprint density at radius 3 is 2.52 bits per heavy atom. The van der Waals surface area contributed by atoms with Gasteiger partial charge in [-0.3, -0.25) is 4.79 Å². The van der Waals surface area contributed by atoms with Crippen molar-refractivity contribution in [2.45, 2.75) is 56.5 Å². The number of methoxy groups -OCH3 is 1. The normalized spacial score (nSPS) is 22.7. The lowest BCUT2D eigenvalue weighted by molar-refractivity contribution is -0.119. The third-order valence-electron chi connectivity index (χ3n) is 5.74. The molecule has 2 aliphatic heterocycles. The lowest BCUT2D eigenvalue weighted by Crippen LogP contribution is -2.53. The summed E-state index contributed by atoms with van der Waals surface area (Å²) in [5.74, 6) is 0.556. The third-order valence-corrected chi connectivity index (χ3v) is 7.86. The van der Waals surface area contributed by atoms with E-state index in [0.717, 1.165) is 31.5 Å². The number of sulfonamides is 1. The van der Waals surface area contributed by atoms with Gasteiger partial charge in [0.2, 0.25) is 15.9 Å². The van der Waals surface area contributed by atoms with E-state index >= 15 is 0 Å². The second-order valence-corrected chi connectivity index (χ2v) is 9.53. The first kappa shape index (κ1) is 20.1. The van der Waals surface area contributed by atoms with Crippen LogP contribution in [0.25, 0.3) is 0 Å². The Bertz CT molecular complexity index is 832. The monoisotopic (exact) mass is 395 g/mol. The number of piperidine rings is 1. The number of ether oxygens (including phenoxy) is 1. The zero-order chi connectivity index (χ0) is 19.8. The highest BCUT2D eigenvalue weighted by molar-refractivity contribution is 7.89. The summed E-state index contributed by atoms with van der Waals surface area (Å²) in [7, 11) is -2.11. The van der Waals surface area contributed by atoms with Gasteiger partial charge in [0, 0.05) is 25.0 Å². The maximum absolute atomic E-state index is 13.7. The van der Waals surface area contributed by atoms with Crippen LogP contribution in [0.3, 0.4) is 0 Å². The van der Waals surface area contributed by atoms with Gasteiger partial charge in [-0.2, -0.15) is 4.31 Å². The molecule has 2 heterocycles. The maximum Gasteiger partial charge on any atom is 0.243 e. The molecule has 1 aromatic carbocycles. The molecule has 27 heavy (non-hydrogen) atoms. The summed E-state index contributed by atoms with van der Waals surface area (Å²) >= 11 is 0. The van der Waals surface area contributed by atoms with E-state index in [4.69, 9.17) is 4.74 Å². The van der Waals surface area contributed by atoms with Crippen LogP contribution in [-0.4, -0.2) is 57.0 Å². The predicted octanol–water partition coefficient (Wildman–Crippen LogP) is 1.33. The van der Waals surface area contributed by atoms with Crippen LogP contribution in [0.5, 0.6) is 5.75 Å². The molecule has 0 aromatic heterocycles. The zero-order valence-corrected chi connectivity index (χ0v) is 17.3. The fourth-order valence-electron chi connectivity index (χ4n) is 4.48. The molecule has 2 aliphatic rings. The molecule has 8 heteroatoms. The zero-order valence-electron chi connectivity index (χ0n) is 16.5. The van der Waals surface area contributed by atoms with Crippen LogP contribution < -0.4 is 15.4 Å². The van der Waals surface area contributed by atoms with Crippen LogP contribution >= 0.6 is 0 Å². The molecule has 0 bridgehead atoms. The SMILES string of the molecule is COc1cc(C)c(S(=O)(=O)N2C[C@H](NC(C)=O)CC23CCNCC3)cc1C. The van der Waals surface area contributed by atoms with Crippen molar-refractivity contribution in [3.8, 4) is 5.75 Å². The number of nitrogens with zero attached hydrogens (tertiary/aromatic N) is 1. The molecule has 0 aliphatic carbocycles. The first-order valence-corrected chi connectivity index (χ1v) is 10.8. The molecule has 0 saturated carbocycles. The molecule has 1 atom stereocenters. The lowest BCUT2D eigenvalue weighted by Gasteiger charge is -2.41. The number of amides is 1. The minimum Gasteiger partial charge on any atom is -0.496 e. The van der Waals surface area contributed by atoms with Gasteiger partial charge in [-0.15, -0.1) is 0 Å². The van der Waals surface area contributed by atoms with E-state index in [1.54, 1.807) is 30.5 Å². The van der Waals surface area contributed by atoms with E-state index in [9.17, 15) is 13.2 Å². The van der Waals surface area contributed by atoms with Gasteiger partial charge in [0.1, 0.15) is 5.75 Å². The highest BCUT2D eigenvalue weighted by Gasteiger charge is 2.52. The van der Waals surface area contributed by atoms with Gasteiger partial charge in [0.25, 0.3) is 0 Å². The minimum atomic E-state index is -3.69. The first-order chi connectivity index (χ1) is 12.7. The van der Waals surface area contributed by atoms with Gasteiger partial charge in [-0.1, -0.05) is 0 Å². The number of carbonyl (C=O) groups is 1. The summed E-state index contributed by atoms with van der Waals surface area (Å²) in [4.78, 5) is 11.9. The van der Waals surface area contributed by atoms with Crippen LogP contribution in [0.1, 0.15) is 37.3 Å². The molecule has 1 amide bonds. The van der Waals surface area contributed by atoms with Crippen molar-refractivity contribution >= 4 is 15.9 Å². The van der Waals surface area contributed by atoms with Crippen LogP contribution in [-0.2, 0) is 14.8 Å². The molecule has 0 radical (unpaired) electrons. The van der Waals surface area contributed by atoms with Gasteiger partial charge >= 0.3 is 0 Å². The van der Waals surface area contributed by atoms with Crippen molar-refractivity contribution in [1.29, 1.82) is 0 Å². The number of nitrogens with one attached hydrogen (secondary N) is 2. The molecule has 150 valence electrons. The number of aryl methyl sites for hydroxylation is 2. The van der Waals surface area contributed by atoms with Crippen molar-refractivity contribution in [3.63, 3.8) is 0 Å². The molecule has 0 unspecified atom stereocenters. The highest BCUT2D eigenvalue weighted by atomic mass is 32.2. The molecule has 2 saturated heterocycles. The first-order valence-electron chi connectivity index (χ1n) is 9.35. The van der Waals surface area contributed by atoms with Crippen LogP contribution in [0, 0.1) is 13.8 Å². The van der Waals surface area contributed by atoms with Crippen LogP contribution in [0.2, 0.25) is 0 Å². The van der Waals surface area contributed by atoms with Gasteiger partial charge in [-0.05, 0) is 69.5 Å². The molecule has 2 N–H and O–H groups in total. The Kier molecular flexibility index (Phi) is 5.52. The number of benzene rings is 1. The molecular formula is C19H29N3O4S. The summed E-state index contributed by atoms with van der Waals surface area (Å²) < 4.78 is 34.3. The topological polar surface area (TPSA) is 87.7 Å². The van der Waals surface area contributed by atoms with Crippen molar-refractivity contribution in [2.75, 3.05) is 26.7 Å². The predicted molar refractivity (Wildman–Crippen MR) is 103 cm³/mol. The van der Waals surface area contributed by atoms with Crippen LogP contribution in [0.15, 0.2) is 17.0 Å². The Morgan fingerprint density at radius 2 is 1.93 bits per heavy atom. The van der Waals surface area contributed by atoms with E-state index in [0.29, 0.717) is 29.2 Å². The fourth-order valence-corrected chi connectivity index (χ4v) is 6.65. The largest absolute Gasteiger partial charge is 0.496 e. The molecule has 7 nitrogen and oxygen atoms in total. The van der Waals surface area contributed by atoms with Gasteiger partial charge < -0.3 is 15.4 Å². The standard InChI is InChI=1S/C19H29N3O4S/c1-13-10-18(14(2)9-17(13)26-4)27(24,25)22-12-16(21-15(3)23)11-19(22)5-7-20-8-6-19/h9-10,16,20H,5-8,11-12H2,1-4H3,(H,21,23)/t16-/m1/s1. The average Bonchev–Trinajstić information content (AvgIpc) is 2.94.